The van der Waals surface area contributed by atoms with E-state index in [9.17, 15) is 9.90 Å². The third-order valence-corrected chi connectivity index (χ3v) is 4.57. The largest absolute Gasteiger partial charge is 0.493 e. The summed E-state index contributed by atoms with van der Waals surface area (Å²) in [5.74, 6) is -0.140. The Hall–Kier alpha value is -2.66. The minimum absolute atomic E-state index is 0.0831. The predicted octanol–water partition coefficient (Wildman–Crippen LogP) is 4.71. The molecule has 1 aromatic heterocycles. The Balaban J connectivity index is 2.07. The first-order valence-electron chi connectivity index (χ1n) is 7.67. The molecular weight excluding hydrogens is 322 g/mol. The van der Waals surface area contributed by atoms with Crippen molar-refractivity contribution in [3.05, 3.63) is 59.1 Å². The standard InChI is InChI=1S/C19H17NO3S/c1-2-23-16-9-5-3-7-13(16)11-14(12-18(21)22)19-20-15-8-4-6-10-17(15)24-19/h3-11H,2,12H2,1H3,(H,21,22)/b14-11-. The summed E-state index contributed by atoms with van der Waals surface area (Å²) in [6.45, 7) is 2.48. The molecule has 0 unspecified atom stereocenters. The smallest absolute Gasteiger partial charge is 0.307 e. The lowest BCUT2D eigenvalue weighted by Gasteiger charge is -2.08. The van der Waals surface area contributed by atoms with Crippen molar-refractivity contribution in [3.8, 4) is 5.75 Å². The Morgan fingerprint density at radius 3 is 2.71 bits per heavy atom. The zero-order valence-electron chi connectivity index (χ0n) is 13.2. The summed E-state index contributed by atoms with van der Waals surface area (Å²) in [5, 5.41) is 10.0. The third-order valence-electron chi connectivity index (χ3n) is 3.46. The summed E-state index contributed by atoms with van der Waals surface area (Å²) in [6, 6.07) is 15.4. The van der Waals surface area contributed by atoms with Gasteiger partial charge in [-0.1, -0.05) is 30.3 Å². The highest BCUT2D eigenvalue weighted by molar-refractivity contribution is 7.19. The van der Waals surface area contributed by atoms with Gasteiger partial charge in [-0.2, -0.15) is 0 Å². The molecule has 1 heterocycles. The first kappa shape index (κ1) is 16.2. The number of rotatable bonds is 6. The molecule has 3 rings (SSSR count). The fraction of sp³-hybridized carbons (Fsp3) is 0.158. The van der Waals surface area contributed by atoms with Crippen LogP contribution in [0.15, 0.2) is 48.5 Å². The number of benzene rings is 2. The molecule has 0 aliphatic rings. The fourth-order valence-corrected chi connectivity index (χ4v) is 3.41. The van der Waals surface area contributed by atoms with Crippen molar-refractivity contribution in [3.63, 3.8) is 0 Å². The molecule has 5 heteroatoms. The predicted molar refractivity (Wildman–Crippen MR) is 97.4 cm³/mol. The van der Waals surface area contributed by atoms with Crippen LogP contribution in [0.25, 0.3) is 21.9 Å². The summed E-state index contributed by atoms with van der Waals surface area (Å²) in [6.07, 6.45) is 1.77. The maximum Gasteiger partial charge on any atom is 0.307 e. The maximum absolute atomic E-state index is 11.3. The molecule has 4 nitrogen and oxygen atoms in total. The summed E-state index contributed by atoms with van der Waals surface area (Å²) in [4.78, 5) is 15.9. The van der Waals surface area contributed by atoms with Crippen LogP contribution in [0.1, 0.15) is 23.9 Å². The van der Waals surface area contributed by atoms with Crippen LogP contribution in [-0.2, 0) is 4.79 Å². The summed E-state index contributed by atoms with van der Waals surface area (Å²) >= 11 is 1.50. The normalized spacial score (nSPS) is 11.6. The minimum Gasteiger partial charge on any atom is -0.493 e. The van der Waals surface area contributed by atoms with Crippen LogP contribution in [0, 0.1) is 0 Å². The monoisotopic (exact) mass is 339 g/mol. The second-order valence-electron chi connectivity index (χ2n) is 5.20. The van der Waals surface area contributed by atoms with Gasteiger partial charge in [0.1, 0.15) is 10.8 Å². The number of nitrogens with zero attached hydrogens (tertiary/aromatic N) is 1. The van der Waals surface area contributed by atoms with Crippen molar-refractivity contribution in [2.24, 2.45) is 0 Å². The lowest BCUT2D eigenvalue weighted by atomic mass is 10.1. The molecule has 1 N–H and O–H groups in total. The Morgan fingerprint density at radius 1 is 1.21 bits per heavy atom. The van der Waals surface area contributed by atoms with Gasteiger partial charge in [0, 0.05) is 5.56 Å². The number of carbonyl (C=O) groups is 1. The van der Waals surface area contributed by atoms with Crippen LogP contribution in [0.2, 0.25) is 0 Å². The van der Waals surface area contributed by atoms with Crippen molar-refractivity contribution in [1.82, 2.24) is 4.98 Å². The lowest BCUT2D eigenvalue weighted by molar-refractivity contribution is -0.135. The van der Waals surface area contributed by atoms with Crippen LogP contribution in [0.5, 0.6) is 5.75 Å². The van der Waals surface area contributed by atoms with Gasteiger partial charge in [0.2, 0.25) is 0 Å². The minimum atomic E-state index is -0.880. The van der Waals surface area contributed by atoms with E-state index >= 15 is 0 Å². The number of hydrogen-bond donors (Lipinski definition) is 1. The number of ether oxygens (including phenoxy) is 1. The van der Waals surface area contributed by atoms with Gasteiger partial charge in [-0.05, 0) is 36.8 Å². The van der Waals surface area contributed by atoms with Gasteiger partial charge in [0.25, 0.3) is 0 Å². The molecule has 0 saturated carbocycles. The van der Waals surface area contributed by atoms with E-state index < -0.39 is 5.97 Å². The molecule has 0 bridgehead atoms. The molecule has 0 radical (unpaired) electrons. The van der Waals surface area contributed by atoms with Gasteiger partial charge in [-0.15, -0.1) is 11.3 Å². The zero-order chi connectivity index (χ0) is 16.9. The molecule has 2 aromatic carbocycles. The highest BCUT2D eigenvalue weighted by Gasteiger charge is 2.13. The third kappa shape index (κ3) is 3.63. The highest BCUT2D eigenvalue weighted by Crippen LogP contribution is 2.32. The first-order chi connectivity index (χ1) is 11.7. The summed E-state index contributed by atoms with van der Waals surface area (Å²) in [7, 11) is 0. The Bertz CT molecular complexity index is 865. The molecule has 3 aromatic rings. The molecule has 0 fully saturated rings. The average Bonchev–Trinajstić information content (AvgIpc) is 3.00. The van der Waals surface area contributed by atoms with Crippen LogP contribution in [-0.4, -0.2) is 22.7 Å². The van der Waals surface area contributed by atoms with E-state index in [0.717, 1.165) is 26.5 Å². The number of hydrogen-bond acceptors (Lipinski definition) is 4. The second kappa shape index (κ2) is 7.27. The van der Waals surface area contributed by atoms with Gasteiger partial charge in [-0.3, -0.25) is 4.79 Å². The SMILES string of the molecule is CCOc1ccccc1/C=C(/CC(=O)O)c1nc2ccccc2s1. The molecule has 0 saturated heterocycles. The average molecular weight is 339 g/mol. The van der Waals surface area contributed by atoms with E-state index in [0.29, 0.717) is 12.2 Å². The Labute approximate surface area is 144 Å². The van der Waals surface area contributed by atoms with Crippen molar-refractivity contribution in [1.29, 1.82) is 0 Å². The van der Waals surface area contributed by atoms with Gasteiger partial charge >= 0.3 is 5.97 Å². The van der Waals surface area contributed by atoms with Crippen molar-refractivity contribution in [2.75, 3.05) is 6.61 Å². The van der Waals surface area contributed by atoms with Gasteiger partial charge < -0.3 is 9.84 Å². The van der Waals surface area contributed by atoms with Crippen molar-refractivity contribution in [2.45, 2.75) is 13.3 Å². The summed E-state index contributed by atoms with van der Waals surface area (Å²) in [5.41, 5.74) is 2.41. The van der Waals surface area contributed by atoms with Gasteiger partial charge in [0.15, 0.2) is 0 Å². The quantitative estimate of drug-likeness (QED) is 0.706. The highest BCUT2D eigenvalue weighted by atomic mass is 32.1. The molecule has 122 valence electrons. The molecule has 0 aliphatic heterocycles. The number of aliphatic carboxylic acids is 1. The van der Waals surface area contributed by atoms with Crippen molar-refractivity contribution < 1.29 is 14.6 Å². The zero-order valence-corrected chi connectivity index (χ0v) is 14.0. The number of fused-ring (bicyclic) bond motifs is 1. The van der Waals surface area contributed by atoms with Crippen LogP contribution < -0.4 is 4.74 Å². The van der Waals surface area contributed by atoms with Crippen LogP contribution in [0.4, 0.5) is 0 Å². The van der Waals surface area contributed by atoms with E-state index in [1.54, 1.807) is 0 Å². The topological polar surface area (TPSA) is 59.4 Å². The van der Waals surface area contributed by atoms with E-state index in [1.165, 1.54) is 11.3 Å². The molecule has 24 heavy (non-hydrogen) atoms. The van der Waals surface area contributed by atoms with Gasteiger partial charge in [-0.25, -0.2) is 4.98 Å². The number of carboxylic acids is 1. The summed E-state index contributed by atoms with van der Waals surface area (Å²) < 4.78 is 6.67. The molecule has 0 amide bonds. The number of thiazole rings is 1. The number of aromatic nitrogens is 1. The van der Waals surface area contributed by atoms with Crippen molar-refractivity contribution >= 4 is 39.2 Å². The number of para-hydroxylation sites is 2. The lowest BCUT2D eigenvalue weighted by Crippen LogP contribution is -1.98. The maximum atomic E-state index is 11.3. The van der Waals surface area contributed by atoms with E-state index in [2.05, 4.69) is 4.98 Å². The second-order valence-corrected chi connectivity index (χ2v) is 6.23. The molecule has 0 spiro atoms. The Morgan fingerprint density at radius 2 is 1.96 bits per heavy atom. The fourth-order valence-electron chi connectivity index (χ4n) is 2.44. The van der Waals surface area contributed by atoms with E-state index in [-0.39, 0.29) is 6.42 Å². The molecular formula is C19H17NO3S. The Kier molecular flexibility index (Phi) is 4.91. The molecule has 0 aliphatic carbocycles. The van der Waals surface area contributed by atoms with Crippen LogP contribution >= 0.6 is 11.3 Å². The molecule has 0 atom stereocenters. The first-order valence-corrected chi connectivity index (χ1v) is 8.49. The van der Waals surface area contributed by atoms with Gasteiger partial charge in [0.05, 0.1) is 23.2 Å². The van der Waals surface area contributed by atoms with Crippen LogP contribution in [0.3, 0.4) is 0 Å². The number of carboxylic acid groups (broad SMARTS) is 1. The van der Waals surface area contributed by atoms with E-state index in [1.807, 2.05) is 61.5 Å². The van der Waals surface area contributed by atoms with E-state index in [4.69, 9.17) is 4.74 Å².